The second-order valence-corrected chi connectivity index (χ2v) is 5.60. The fourth-order valence-corrected chi connectivity index (χ4v) is 2.83. The van der Waals surface area contributed by atoms with E-state index in [0.717, 1.165) is 0 Å². The lowest BCUT2D eigenvalue weighted by molar-refractivity contribution is -0.139. The van der Waals surface area contributed by atoms with Crippen LogP contribution in [0.1, 0.15) is 35.7 Å². The predicted octanol–water partition coefficient (Wildman–Crippen LogP) is 2.13. The molecule has 2 N–H and O–H groups in total. The average molecular weight is 372 g/mol. The number of carbonyl (C=O) groups is 2. The van der Waals surface area contributed by atoms with Gasteiger partial charge in [-0.1, -0.05) is 0 Å². The zero-order chi connectivity index (χ0) is 20.1. The number of nitrogens with two attached hydrogens (primary N) is 1. The number of hydrogen-bond donors (Lipinski definition) is 1. The molecule has 0 saturated heterocycles. The number of benzene rings is 1. The van der Waals surface area contributed by atoms with Gasteiger partial charge in [0.2, 0.25) is 5.88 Å². The third-order valence-corrected chi connectivity index (χ3v) is 4.02. The topological polar surface area (TPSA) is 121 Å². The third-order valence-electron chi connectivity index (χ3n) is 4.02. The van der Waals surface area contributed by atoms with Crippen LogP contribution in [0.15, 0.2) is 41.0 Å². The molecule has 1 aromatic carbocycles. The fourth-order valence-electron chi connectivity index (χ4n) is 2.83. The summed E-state index contributed by atoms with van der Waals surface area (Å²) in [7, 11) is 2.69. The van der Waals surface area contributed by atoms with Crippen LogP contribution in [0, 0.1) is 11.3 Å². The molecular weight excluding hydrogens is 352 g/mol. The summed E-state index contributed by atoms with van der Waals surface area (Å²) in [5.41, 5.74) is 6.68. The lowest BCUT2D eigenvalue weighted by Gasteiger charge is -2.27. The normalized spacial score (nSPS) is 16.3. The molecule has 0 spiro atoms. The second-order valence-electron chi connectivity index (χ2n) is 5.60. The number of allylic oxidation sites excluding steroid dienone is 2. The Morgan fingerprint density at radius 2 is 1.96 bits per heavy atom. The minimum atomic E-state index is -0.874. The smallest absolute Gasteiger partial charge is 0.338 e. The number of hydrogen-bond acceptors (Lipinski definition) is 8. The Morgan fingerprint density at radius 3 is 2.52 bits per heavy atom. The summed E-state index contributed by atoms with van der Waals surface area (Å²) in [6, 6.07) is 6.60. The number of nitriles is 1. The van der Waals surface area contributed by atoms with Gasteiger partial charge in [-0.25, -0.2) is 9.59 Å². The number of carbonyl (C=O) groups excluding carboxylic acids is 2. The van der Waals surface area contributed by atoms with Crippen molar-refractivity contribution in [3.05, 3.63) is 52.1 Å². The highest BCUT2D eigenvalue weighted by Crippen LogP contribution is 2.41. The van der Waals surface area contributed by atoms with Gasteiger partial charge < -0.3 is 24.7 Å². The van der Waals surface area contributed by atoms with Crippen LogP contribution in [0.25, 0.3) is 0 Å². The molecule has 0 saturated carbocycles. The molecule has 0 aromatic heterocycles. The molecule has 1 heterocycles. The van der Waals surface area contributed by atoms with Crippen molar-refractivity contribution in [2.24, 2.45) is 5.73 Å². The largest absolute Gasteiger partial charge is 0.497 e. The van der Waals surface area contributed by atoms with Gasteiger partial charge in [-0.05, 0) is 37.6 Å². The fraction of sp³-hybridized carbons (Fsp3) is 0.316. The number of methoxy groups -OCH3 is 2. The number of nitrogens with zero attached hydrogens (tertiary/aromatic N) is 1. The first-order chi connectivity index (χ1) is 12.9. The Morgan fingerprint density at radius 1 is 1.26 bits per heavy atom. The molecule has 0 amide bonds. The first-order valence-corrected chi connectivity index (χ1v) is 8.10. The van der Waals surface area contributed by atoms with Crippen LogP contribution in [0.4, 0.5) is 0 Å². The predicted molar refractivity (Wildman–Crippen MR) is 94.3 cm³/mol. The maximum atomic E-state index is 12.5. The molecule has 0 bridgehead atoms. The average Bonchev–Trinajstić information content (AvgIpc) is 2.66. The van der Waals surface area contributed by atoms with Crippen molar-refractivity contribution in [2.45, 2.75) is 19.8 Å². The van der Waals surface area contributed by atoms with E-state index in [9.17, 15) is 14.9 Å². The quantitative estimate of drug-likeness (QED) is 0.780. The monoisotopic (exact) mass is 372 g/mol. The maximum absolute atomic E-state index is 12.5. The third kappa shape index (κ3) is 3.87. The number of esters is 2. The van der Waals surface area contributed by atoms with Crippen LogP contribution in [0.5, 0.6) is 5.75 Å². The molecular formula is C19H20N2O6. The van der Waals surface area contributed by atoms with Crippen LogP contribution >= 0.6 is 0 Å². The zero-order valence-corrected chi connectivity index (χ0v) is 15.5. The van der Waals surface area contributed by atoms with Crippen molar-refractivity contribution in [3.63, 3.8) is 0 Å². The SMILES string of the molecule is CCOC(=O)C1=C(C)OC(N)=C(C#N)C1c1cc(OC)cc(C(=O)OC)c1. The number of ether oxygens (including phenoxy) is 4. The maximum Gasteiger partial charge on any atom is 0.338 e. The minimum absolute atomic E-state index is 0.0349. The van der Waals surface area contributed by atoms with E-state index in [1.54, 1.807) is 19.9 Å². The van der Waals surface area contributed by atoms with Gasteiger partial charge >= 0.3 is 11.9 Å². The van der Waals surface area contributed by atoms with Gasteiger partial charge in [-0.2, -0.15) is 5.26 Å². The van der Waals surface area contributed by atoms with Crippen LogP contribution in [0.2, 0.25) is 0 Å². The summed E-state index contributed by atoms with van der Waals surface area (Å²) in [6.07, 6.45) is 0. The summed E-state index contributed by atoms with van der Waals surface area (Å²) in [6.45, 7) is 3.37. The second kappa shape index (κ2) is 8.27. The Kier molecular flexibility index (Phi) is 6.08. The van der Waals surface area contributed by atoms with Crippen molar-refractivity contribution in [1.82, 2.24) is 0 Å². The van der Waals surface area contributed by atoms with Crippen molar-refractivity contribution in [1.29, 1.82) is 5.26 Å². The van der Waals surface area contributed by atoms with Gasteiger partial charge in [-0.3, -0.25) is 0 Å². The summed E-state index contributed by atoms with van der Waals surface area (Å²) in [5, 5.41) is 9.59. The molecule has 0 radical (unpaired) electrons. The van der Waals surface area contributed by atoms with E-state index in [1.807, 2.05) is 6.07 Å². The molecule has 1 aliphatic rings. The summed E-state index contributed by atoms with van der Waals surface area (Å²) in [4.78, 5) is 24.5. The van der Waals surface area contributed by atoms with E-state index in [0.29, 0.717) is 11.3 Å². The Bertz CT molecular complexity index is 879. The van der Waals surface area contributed by atoms with Gasteiger partial charge in [0.05, 0.1) is 37.9 Å². The van der Waals surface area contributed by atoms with E-state index in [4.69, 9.17) is 24.7 Å². The molecule has 8 heteroatoms. The standard InChI is InChI=1S/C19H20N2O6/c1-5-26-19(23)15-10(2)27-17(21)14(9-20)16(15)11-6-12(18(22)25-4)8-13(7-11)24-3/h6-8,16H,5,21H2,1-4H3. The van der Waals surface area contributed by atoms with Crippen molar-refractivity contribution in [2.75, 3.05) is 20.8 Å². The Hall–Kier alpha value is -3.47. The highest BCUT2D eigenvalue weighted by molar-refractivity contribution is 5.93. The van der Waals surface area contributed by atoms with Crippen LogP contribution < -0.4 is 10.5 Å². The van der Waals surface area contributed by atoms with Crippen molar-refractivity contribution < 1.29 is 28.5 Å². The Balaban J connectivity index is 2.72. The molecule has 0 aliphatic carbocycles. The highest BCUT2D eigenvalue weighted by Gasteiger charge is 2.37. The van der Waals surface area contributed by atoms with E-state index in [2.05, 4.69) is 0 Å². The molecule has 1 unspecified atom stereocenters. The van der Waals surface area contributed by atoms with E-state index < -0.39 is 17.9 Å². The lowest BCUT2D eigenvalue weighted by atomic mass is 9.82. The van der Waals surface area contributed by atoms with Gasteiger partial charge in [0.1, 0.15) is 23.2 Å². The van der Waals surface area contributed by atoms with Crippen LogP contribution in [0.3, 0.4) is 0 Å². The van der Waals surface area contributed by atoms with Crippen molar-refractivity contribution >= 4 is 11.9 Å². The Labute approximate surface area is 156 Å². The molecule has 1 atom stereocenters. The summed E-state index contributed by atoms with van der Waals surface area (Å²) >= 11 is 0. The van der Waals surface area contributed by atoms with E-state index in [-0.39, 0.29) is 35.0 Å². The molecule has 1 aliphatic heterocycles. The van der Waals surface area contributed by atoms with Gasteiger partial charge in [-0.15, -0.1) is 0 Å². The van der Waals surface area contributed by atoms with E-state index >= 15 is 0 Å². The van der Waals surface area contributed by atoms with Crippen LogP contribution in [-0.4, -0.2) is 32.8 Å². The van der Waals surface area contributed by atoms with Gasteiger partial charge in [0.25, 0.3) is 0 Å². The lowest BCUT2D eigenvalue weighted by Crippen LogP contribution is -2.25. The molecule has 2 rings (SSSR count). The first kappa shape index (κ1) is 19.8. The molecule has 8 nitrogen and oxygen atoms in total. The number of rotatable bonds is 5. The molecule has 142 valence electrons. The minimum Gasteiger partial charge on any atom is -0.497 e. The highest BCUT2D eigenvalue weighted by atomic mass is 16.5. The molecule has 27 heavy (non-hydrogen) atoms. The molecule has 1 aromatic rings. The summed E-state index contributed by atoms with van der Waals surface area (Å²) < 4.78 is 20.5. The van der Waals surface area contributed by atoms with Gasteiger partial charge in [0, 0.05) is 0 Å². The van der Waals surface area contributed by atoms with Gasteiger partial charge in [0.15, 0.2) is 0 Å². The first-order valence-electron chi connectivity index (χ1n) is 8.10. The van der Waals surface area contributed by atoms with E-state index in [1.165, 1.54) is 26.4 Å². The van der Waals surface area contributed by atoms with Crippen molar-refractivity contribution in [3.8, 4) is 11.8 Å². The molecule has 0 fully saturated rings. The van der Waals surface area contributed by atoms with Crippen LogP contribution in [-0.2, 0) is 19.0 Å². The summed E-state index contributed by atoms with van der Waals surface area (Å²) in [5.74, 6) is -1.64. The zero-order valence-electron chi connectivity index (χ0n) is 15.5.